The van der Waals surface area contributed by atoms with Crippen LogP contribution in [0.15, 0.2) is 47.7 Å². The molecule has 1 aliphatic carbocycles. The highest BCUT2D eigenvalue weighted by molar-refractivity contribution is 5.27. The lowest BCUT2D eigenvalue weighted by Gasteiger charge is -2.14. The second kappa shape index (κ2) is 7.03. The molecule has 102 valence electrons. The molecule has 0 bridgehead atoms. The molecule has 0 amide bonds. The zero-order chi connectivity index (χ0) is 13.5. The van der Waals surface area contributed by atoms with E-state index >= 15 is 0 Å². The summed E-state index contributed by atoms with van der Waals surface area (Å²) in [6.07, 6.45) is 7.28. The minimum atomic E-state index is 0.700. The van der Waals surface area contributed by atoms with Crippen LogP contribution >= 0.6 is 0 Å². The Labute approximate surface area is 115 Å². The highest BCUT2D eigenvalue weighted by Gasteiger charge is 2.03. The first-order valence-electron chi connectivity index (χ1n) is 6.92. The van der Waals surface area contributed by atoms with Crippen molar-refractivity contribution in [1.82, 2.24) is 0 Å². The predicted molar refractivity (Wildman–Crippen MR) is 78.3 cm³/mol. The molecule has 1 aliphatic rings. The lowest BCUT2D eigenvalue weighted by atomic mass is 10.1. The van der Waals surface area contributed by atoms with Crippen molar-refractivity contribution in [2.75, 3.05) is 13.2 Å². The molecule has 0 aliphatic heterocycles. The highest BCUT2D eigenvalue weighted by Crippen LogP contribution is 2.18. The summed E-state index contributed by atoms with van der Waals surface area (Å²) in [4.78, 5) is 0. The minimum absolute atomic E-state index is 0.700. The van der Waals surface area contributed by atoms with Crippen LogP contribution in [0.2, 0.25) is 0 Å². The molecule has 0 unspecified atom stereocenters. The summed E-state index contributed by atoms with van der Waals surface area (Å²) >= 11 is 0. The largest absolute Gasteiger partial charge is 0.498 e. The van der Waals surface area contributed by atoms with E-state index in [4.69, 9.17) is 9.47 Å². The maximum Gasteiger partial charge on any atom is 0.119 e. The van der Waals surface area contributed by atoms with Gasteiger partial charge in [0.05, 0.1) is 19.0 Å². The third kappa shape index (κ3) is 4.82. The van der Waals surface area contributed by atoms with E-state index in [0.717, 1.165) is 37.4 Å². The fraction of sp³-hybridized carbons (Fsp3) is 0.412. The Hall–Kier alpha value is -1.70. The topological polar surface area (TPSA) is 18.5 Å². The molecular weight excluding hydrogens is 236 g/mol. The standard InChI is InChI=1S/C17H22O2/c1-14-7-9-16(10-8-14)18-11-4-12-19-17-6-3-5-15(2)13-17/h3,5-7,9,13H,4,8,10-12H2,1-2H3. The summed E-state index contributed by atoms with van der Waals surface area (Å²) < 4.78 is 11.4. The lowest BCUT2D eigenvalue weighted by molar-refractivity contribution is 0.175. The van der Waals surface area contributed by atoms with E-state index in [0.29, 0.717) is 6.61 Å². The van der Waals surface area contributed by atoms with Crippen LogP contribution in [0.1, 0.15) is 31.7 Å². The monoisotopic (exact) mass is 258 g/mol. The van der Waals surface area contributed by atoms with Gasteiger partial charge in [0.1, 0.15) is 5.75 Å². The van der Waals surface area contributed by atoms with Gasteiger partial charge in [-0.2, -0.15) is 0 Å². The first-order chi connectivity index (χ1) is 9.24. The van der Waals surface area contributed by atoms with Crippen molar-refractivity contribution in [3.05, 3.63) is 53.3 Å². The first kappa shape index (κ1) is 13.7. The molecule has 0 saturated carbocycles. The minimum Gasteiger partial charge on any atom is -0.498 e. The van der Waals surface area contributed by atoms with Gasteiger partial charge in [-0.25, -0.2) is 0 Å². The van der Waals surface area contributed by atoms with Crippen molar-refractivity contribution in [2.24, 2.45) is 0 Å². The van der Waals surface area contributed by atoms with E-state index in [1.807, 2.05) is 12.1 Å². The predicted octanol–water partition coefficient (Wildman–Crippen LogP) is 4.40. The van der Waals surface area contributed by atoms with Crippen molar-refractivity contribution in [2.45, 2.75) is 33.1 Å². The normalized spacial score (nSPS) is 14.6. The second-order valence-corrected chi connectivity index (χ2v) is 5.01. The Morgan fingerprint density at radius 1 is 1.00 bits per heavy atom. The Morgan fingerprint density at radius 3 is 2.58 bits per heavy atom. The number of benzene rings is 1. The van der Waals surface area contributed by atoms with Crippen LogP contribution in [0.3, 0.4) is 0 Å². The van der Waals surface area contributed by atoms with Crippen molar-refractivity contribution in [3.8, 4) is 5.75 Å². The second-order valence-electron chi connectivity index (χ2n) is 5.01. The molecule has 2 nitrogen and oxygen atoms in total. The van der Waals surface area contributed by atoms with Crippen LogP contribution in [0, 0.1) is 6.92 Å². The summed E-state index contributed by atoms with van der Waals surface area (Å²) in [5, 5.41) is 0. The van der Waals surface area contributed by atoms with Gasteiger partial charge in [0, 0.05) is 12.8 Å². The van der Waals surface area contributed by atoms with Crippen LogP contribution in [-0.2, 0) is 4.74 Å². The Balaban J connectivity index is 1.62. The van der Waals surface area contributed by atoms with Gasteiger partial charge in [0.15, 0.2) is 0 Å². The molecule has 2 rings (SSSR count). The molecule has 0 atom stereocenters. The van der Waals surface area contributed by atoms with Gasteiger partial charge in [0.25, 0.3) is 0 Å². The van der Waals surface area contributed by atoms with Crippen LogP contribution < -0.4 is 4.74 Å². The van der Waals surface area contributed by atoms with Gasteiger partial charge >= 0.3 is 0 Å². The highest BCUT2D eigenvalue weighted by atomic mass is 16.5. The number of rotatable bonds is 6. The molecule has 1 aromatic carbocycles. The molecule has 0 aromatic heterocycles. The maximum absolute atomic E-state index is 5.73. The van der Waals surface area contributed by atoms with Crippen molar-refractivity contribution in [1.29, 1.82) is 0 Å². The summed E-state index contributed by atoms with van der Waals surface area (Å²) in [6.45, 7) is 5.65. The summed E-state index contributed by atoms with van der Waals surface area (Å²) in [6, 6.07) is 8.13. The molecule has 1 aromatic rings. The fourth-order valence-corrected chi connectivity index (χ4v) is 2.00. The Bertz CT molecular complexity index is 472. The van der Waals surface area contributed by atoms with E-state index in [1.165, 1.54) is 11.1 Å². The average Bonchev–Trinajstić information content (AvgIpc) is 2.41. The third-order valence-corrected chi connectivity index (χ3v) is 3.15. The number of allylic oxidation sites excluding steroid dienone is 4. The quantitative estimate of drug-likeness (QED) is 0.704. The molecule has 0 spiro atoms. The molecule has 0 radical (unpaired) electrons. The van der Waals surface area contributed by atoms with Crippen LogP contribution in [0.4, 0.5) is 0 Å². The molecular formula is C17H22O2. The Kier molecular flexibility index (Phi) is 5.08. The summed E-state index contributed by atoms with van der Waals surface area (Å²) in [5.41, 5.74) is 2.65. The maximum atomic E-state index is 5.73. The van der Waals surface area contributed by atoms with Crippen LogP contribution in [0.5, 0.6) is 5.75 Å². The number of hydrogen-bond acceptors (Lipinski definition) is 2. The van der Waals surface area contributed by atoms with E-state index in [1.54, 1.807) is 0 Å². The van der Waals surface area contributed by atoms with E-state index in [-0.39, 0.29) is 0 Å². The summed E-state index contributed by atoms with van der Waals surface area (Å²) in [7, 11) is 0. The van der Waals surface area contributed by atoms with Gasteiger partial charge in [-0.05, 0) is 44.0 Å². The van der Waals surface area contributed by atoms with Crippen molar-refractivity contribution >= 4 is 0 Å². The molecule has 0 N–H and O–H groups in total. The fourth-order valence-electron chi connectivity index (χ4n) is 2.00. The molecule has 2 heteroatoms. The van der Waals surface area contributed by atoms with Gasteiger partial charge < -0.3 is 9.47 Å². The number of aryl methyl sites for hydroxylation is 1. The van der Waals surface area contributed by atoms with E-state index in [2.05, 4.69) is 38.1 Å². The van der Waals surface area contributed by atoms with Crippen molar-refractivity contribution < 1.29 is 9.47 Å². The first-order valence-corrected chi connectivity index (χ1v) is 6.92. The van der Waals surface area contributed by atoms with E-state index < -0.39 is 0 Å². The van der Waals surface area contributed by atoms with Gasteiger partial charge in [-0.1, -0.05) is 23.8 Å². The number of hydrogen-bond donors (Lipinski definition) is 0. The lowest BCUT2D eigenvalue weighted by Crippen LogP contribution is -2.04. The SMILES string of the molecule is CC1=CC=C(OCCCOc2cccc(C)c2)CC1. The number of ether oxygens (including phenoxy) is 2. The third-order valence-electron chi connectivity index (χ3n) is 3.15. The molecule has 0 heterocycles. The van der Waals surface area contributed by atoms with Crippen LogP contribution in [-0.4, -0.2) is 13.2 Å². The molecule has 0 fully saturated rings. The van der Waals surface area contributed by atoms with Gasteiger partial charge in [-0.15, -0.1) is 0 Å². The smallest absolute Gasteiger partial charge is 0.119 e. The van der Waals surface area contributed by atoms with Crippen molar-refractivity contribution in [3.63, 3.8) is 0 Å². The van der Waals surface area contributed by atoms with E-state index in [9.17, 15) is 0 Å². The van der Waals surface area contributed by atoms with Gasteiger partial charge in [-0.3, -0.25) is 0 Å². The summed E-state index contributed by atoms with van der Waals surface area (Å²) in [5.74, 6) is 2.04. The Morgan fingerprint density at radius 2 is 1.84 bits per heavy atom. The zero-order valence-electron chi connectivity index (χ0n) is 11.8. The van der Waals surface area contributed by atoms with Crippen LogP contribution in [0.25, 0.3) is 0 Å². The molecule has 19 heavy (non-hydrogen) atoms. The van der Waals surface area contributed by atoms with Gasteiger partial charge in [0.2, 0.25) is 0 Å². The average molecular weight is 258 g/mol. The zero-order valence-corrected chi connectivity index (χ0v) is 11.8. The molecule has 0 saturated heterocycles.